The third kappa shape index (κ3) is 3.97. The highest BCUT2D eigenvalue weighted by Crippen LogP contribution is 2.29. The van der Waals surface area contributed by atoms with E-state index in [4.69, 9.17) is 0 Å². The molecule has 0 fully saturated rings. The average molecular weight is 334 g/mol. The van der Waals surface area contributed by atoms with E-state index in [1.165, 1.54) is 24.4 Å². The fraction of sp³-hybridized carbons (Fsp3) is 0. The van der Waals surface area contributed by atoms with Gasteiger partial charge in [0.2, 0.25) is 0 Å². The Morgan fingerprint density at radius 3 is 2.44 bits per heavy atom. The van der Waals surface area contributed by atoms with Crippen LogP contribution < -0.4 is 10.6 Å². The number of benzene rings is 2. The van der Waals surface area contributed by atoms with Crippen molar-refractivity contribution in [1.29, 1.82) is 0 Å². The van der Waals surface area contributed by atoms with Crippen molar-refractivity contribution in [3.05, 3.63) is 88.7 Å². The second-order valence-electron chi connectivity index (χ2n) is 5.18. The quantitative estimate of drug-likeness (QED) is 0.543. The lowest BCUT2D eigenvalue weighted by Gasteiger charge is -2.09. The van der Waals surface area contributed by atoms with E-state index in [9.17, 15) is 14.9 Å². The molecule has 1 heterocycles. The Morgan fingerprint density at radius 2 is 1.76 bits per heavy atom. The first-order chi connectivity index (χ1) is 12.1. The molecule has 0 aliphatic carbocycles. The van der Waals surface area contributed by atoms with Gasteiger partial charge in [-0.15, -0.1) is 0 Å². The minimum Gasteiger partial charge on any atom is -0.350 e. The van der Waals surface area contributed by atoms with Crippen LogP contribution in [0.1, 0.15) is 10.4 Å². The highest BCUT2D eigenvalue weighted by molar-refractivity contribution is 6.05. The summed E-state index contributed by atoms with van der Waals surface area (Å²) in [4.78, 5) is 27.0. The topological polar surface area (TPSA) is 97.2 Å². The van der Waals surface area contributed by atoms with Crippen LogP contribution in [0.3, 0.4) is 0 Å². The zero-order chi connectivity index (χ0) is 17.6. The van der Waals surface area contributed by atoms with Crippen LogP contribution >= 0.6 is 0 Å². The maximum Gasteiger partial charge on any atom is 0.293 e. The van der Waals surface area contributed by atoms with Crippen LogP contribution in [0.4, 0.5) is 22.7 Å². The van der Waals surface area contributed by atoms with Crippen LogP contribution in [0.25, 0.3) is 0 Å². The standard InChI is InChI=1S/C18H14N4O3/c23-18(21-15-7-4-10-19-12-15)13-8-9-16(17(11-13)22(24)25)20-14-5-2-1-3-6-14/h1-12,20H,(H,21,23). The second kappa shape index (κ2) is 7.22. The Morgan fingerprint density at radius 1 is 1.00 bits per heavy atom. The molecule has 0 aliphatic rings. The number of hydrogen-bond donors (Lipinski definition) is 2. The average Bonchev–Trinajstić information content (AvgIpc) is 2.63. The van der Waals surface area contributed by atoms with E-state index < -0.39 is 10.8 Å². The SMILES string of the molecule is O=C(Nc1cccnc1)c1ccc(Nc2ccccc2)c([N+](=O)[O-])c1. The zero-order valence-electron chi connectivity index (χ0n) is 13.0. The summed E-state index contributed by atoms with van der Waals surface area (Å²) < 4.78 is 0. The van der Waals surface area contributed by atoms with Gasteiger partial charge in [-0.05, 0) is 36.4 Å². The van der Waals surface area contributed by atoms with Crippen molar-refractivity contribution in [2.45, 2.75) is 0 Å². The molecule has 3 rings (SSSR count). The summed E-state index contributed by atoms with van der Waals surface area (Å²) in [6, 6.07) is 16.8. The first kappa shape index (κ1) is 16.1. The van der Waals surface area contributed by atoms with E-state index in [0.29, 0.717) is 11.4 Å². The van der Waals surface area contributed by atoms with E-state index in [2.05, 4.69) is 15.6 Å². The number of anilines is 3. The minimum atomic E-state index is -0.522. The molecule has 7 nitrogen and oxygen atoms in total. The molecule has 1 aromatic heterocycles. The lowest BCUT2D eigenvalue weighted by molar-refractivity contribution is -0.383. The van der Waals surface area contributed by atoms with Crippen molar-refractivity contribution in [3.63, 3.8) is 0 Å². The molecule has 124 valence electrons. The number of carbonyl (C=O) groups is 1. The van der Waals surface area contributed by atoms with Crippen LogP contribution in [0.5, 0.6) is 0 Å². The predicted molar refractivity (Wildman–Crippen MR) is 95.0 cm³/mol. The monoisotopic (exact) mass is 334 g/mol. The normalized spacial score (nSPS) is 10.1. The summed E-state index contributed by atoms with van der Waals surface area (Å²) in [6.07, 6.45) is 3.09. The first-order valence-corrected chi connectivity index (χ1v) is 7.45. The number of amides is 1. The smallest absolute Gasteiger partial charge is 0.293 e. The van der Waals surface area contributed by atoms with E-state index in [1.54, 1.807) is 30.5 Å². The largest absolute Gasteiger partial charge is 0.350 e. The summed E-state index contributed by atoms with van der Waals surface area (Å²) in [6.45, 7) is 0. The summed E-state index contributed by atoms with van der Waals surface area (Å²) >= 11 is 0. The fourth-order valence-corrected chi connectivity index (χ4v) is 2.25. The maximum absolute atomic E-state index is 12.3. The molecule has 7 heteroatoms. The number of aromatic nitrogens is 1. The molecule has 0 unspecified atom stereocenters. The number of rotatable bonds is 5. The number of nitro benzene ring substituents is 1. The van der Waals surface area contributed by atoms with Gasteiger partial charge in [0.25, 0.3) is 11.6 Å². The number of hydrogen-bond acceptors (Lipinski definition) is 5. The number of nitrogens with one attached hydrogen (secondary N) is 2. The highest BCUT2D eigenvalue weighted by Gasteiger charge is 2.18. The van der Waals surface area contributed by atoms with Crippen LogP contribution in [0, 0.1) is 10.1 Å². The Balaban J connectivity index is 1.86. The van der Waals surface area contributed by atoms with Crippen molar-refractivity contribution >= 4 is 28.7 Å². The maximum atomic E-state index is 12.3. The van der Waals surface area contributed by atoms with E-state index >= 15 is 0 Å². The van der Waals surface area contributed by atoms with Crippen LogP contribution in [0.2, 0.25) is 0 Å². The molecule has 2 aromatic carbocycles. The molecular weight excluding hydrogens is 320 g/mol. The minimum absolute atomic E-state index is 0.178. The van der Waals surface area contributed by atoms with Crippen molar-refractivity contribution in [2.75, 3.05) is 10.6 Å². The molecule has 0 saturated carbocycles. The zero-order valence-corrected chi connectivity index (χ0v) is 13.0. The van der Waals surface area contributed by atoms with Gasteiger partial charge in [-0.25, -0.2) is 0 Å². The molecule has 0 radical (unpaired) electrons. The number of pyridine rings is 1. The number of carbonyl (C=O) groups excluding carboxylic acids is 1. The number of nitro groups is 1. The molecule has 0 atom stereocenters. The first-order valence-electron chi connectivity index (χ1n) is 7.45. The van der Waals surface area contributed by atoms with Gasteiger partial charge in [0.15, 0.2) is 0 Å². The Labute approximate surface area is 143 Å². The van der Waals surface area contributed by atoms with Gasteiger partial charge in [-0.1, -0.05) is 18.2 Å². The molecule has 3 aromatic rings. The van der Waals surface area contributed by atoms with Crippen molar-refractivity contribution < 1.29 is 9.72 Å². The van der Waals surface area contributed by atoms with Gasteiger partial charge >= 0.3 is 0 Å². The van der Waals surface area contributed by atoms with Crippen molar-refractivity contribution in [3.8, 4) is 0 Å². The number of para-hydroxylation sites is 1. The summed E-state index contributed by atoms with van der Waals surface area (Å²) in [5, 5.41) is 17.0. The third-order valence-corrected chi connectivity index (χ3v) is 3.43. The fourth-order valence-electron chi connectivity index (χ4n) is 2.25. The highest BCUT2D eigenvalue weighted by atomic mass is 16.6. The Kier molecular flexibility index (Phi) is 4.66. The van der Waals surface area contributed by atoms with E-state index in [1.807, 2.05) is 18.2 Å². The second-order valence-corrected chi connectivity index (χ2v) is 5.18. The summed E-state index contributed by atoms with van der Waals surface area (Å²) in [5.41, 5.74) is 1.56. The van der Waals surface area contributed by atoms with Crippen LogP contribution in [-0.4, -0.2) is 15.8 Å². The summed E-state index contributed by atoms with van der Waals surface area (Å²) in [7, 11) is 0. The van der Waals surface area contributed by atoms with Crippen molar-refractivity contribution in [1.82, 2.24) is 4.98 Å². The van der Waals surface area contributed by atoms with Gasteiger partial charge in [0.1, 0.15) is 5.69 Å². The lowest BCUT2D eigenvalue weighted by atomic mass is 10.1. The van der Waals surface area contributed by atoms with Gasteiger partial charge in [0.05, 0.1) is 16.8 Å². The van der Waals surface area contributed by atoms with E-state index in [-0.39, 0.29) is 11.3 Å². The van der Waals surface area contributed by atoms with Gasteiger partial charge in [-0.2, -0.15) is 0 Å². The van der Waals surface area contributed by atoms with E-state index in [0.717, 1.165) is 5.69 Å². The van der Waals surface area contributed by atoms with Crippen LogP contribution in [0.15, 0.2) is 73.1 Å². The molecule has 0 saturated heterocycles. The molecule has 25 heavy (non-hydrogen) atoms. The molecule has 0 bridgehead atoms. The van der Waals surface area contributed by atoms with Crippen LogP contribution in [-0.2, 0) is 0 Å². The molecule has 2 N–H and O–H groups in total. The number of nitrogens with zero attached hydrogens (tertiary/aromatic N) is 2. The Hall–Kier alpha value is -3.74. The summed E-state index contributed by atoms with van der Waals surface area (Å²) in [5.74, 6) is -0.442. The van der Waals surface area contributed by atoms with Gasteiger partial charge in [-0.3, -0.25) is 19.9 Å². The lowest BCUT2D eigenvalue weighted by Crippen LogP contribution is -2.12. The molecule has 0 spiro atoms. The third-order valence-electron chi connectivity index (χ3n) is 3.43. The van der Waals surface area contributed by atoms with Gasteiger partial charge in [0, 0.05) is 23.5 Å². The predicted octanol–water partition coefficient (Wildman–Crippen LogP) is 3.99. The molecular formula is C18H14N4O3. The molecule has 1 amide bonds. The molecule has 0 aliphatic heterocycles. The Bertz CT molecular complexity index is 899. The van der Waals surface area contributed by atoms with Crippen molar-refractivity contribution in [2.24, 2.45) is 0 Å². The van der Waals surface area contributed by atoms with Gasteiger partial charge < -0.3 is 10.6 Å².